The molecule has 4 nitrogen and oxygen atoms in total. The molecule has 0 aromatic heterocycles. The molecule has 0 radical (unpaired) electrons. The molecule has 19 heavy (non-hydrogen) atoms. The van der Waals surface area contributed by atoms with Crippen LogP contribution in [-0.4, -0.2) is 67.8 Å². The molecule has 2 atom stereocenters. The number of piperidine rings is 2. The van der Waals surface area contributed by atoms with Gasteiger partial charge < -0.3 is 15.4 Å². The SMILES string of the molecule is CCCN1CCC(N2CCC(OC)CC2CN)CC1. The van der Waals surface area contributed by atoms with Gasteiger partial charge in [-0.1, -0.05) is 6.92 Å². The van der Waals surface area contributed by atoms with Crippen molar-refractivity contribution in [2.75, 3.05) is 39.8 Å². The molecular formula is C15H31N3O. The van der Waals surface area contributed by atoms with Gasteiger partial charge in [0.25, 0.3) is 0 Å². The highest BCUT2D eigenvalue weighted by Crippen LogP contribution is 2.26. The van der Waals surface area contributed by atoms with Crippen LogP contribution in [0, 0.1) is 0 Å². The predicted octanol–water partition coefficient (Wildman–Crippen LogP) is 1.30. The zero-order chi connectivity index (χ0) is 13.7. The number of nitrogens with two attached hydrogens (primary N) is 1. The molecule has 0 spiro atoms. The molecular weight excluding hydrogens is 238 g/mol. The maximum atomic E-state index is 5.98. The predicted molar refractivity (Wildman–Crippen MR) is 79.3 cm³/mol. The Balaban J connectivity index is 1.84. The van der Waals surface area contributed by atoms with Crippen molar-refractivity contribution in [3.63, 3.8) is 0 Å². The molecule has 0 amide bonds. The minimum atomic E-state index is 0.421. The molecule has 2 unspecified atom stereocenters. The third kappa shape index (κ3) is 3.91. The average molecular weight is 269 g/mol. The van der Waals surface area contributed by atoms with Crippen LogP contribution in [0.5, 0.6) is 0 Å². The van der Waals surface area contributed by atoms with Crippen molar-refractivity contribution in [3.8, 4) is 0 Å². The quantitative estimate of drug-likeness (QED) is 0.817. The van der Waals surface area contributed by atoms with Crippen LogP contribution in [-0.2, 0) is 4.74 Å². The molecule has 2 rings (SSSR count). The summed E-state index contributed by atoms with van der Waals surface area (Å²) in [4.78, 5) is 5.29. The average Bonchev–Trinajstić information content (AvgIpc) is 2.48. The number of hydrogen-bond acceptors (Lipinski definition) is 4. The van der Waals surface area contributed by atoms with E-state index in [0.717, 1.165) is 19.0 Å². The zero-order valence-electron chi connectivity index (χ0n) is 12.7. The second kappa shape index (κ2) is 7.58. The molecule has 2 aliphatic heterocycles. The van der Waals surface area contributed by atoms with Crippen LogP contribution in [0.25, 0.3) is 0 Å². The van der Waals surface area contributed by atoms with Gasteiger partial charge in [0, 0.05) is 32.3 Å². The molecule has 2 heterocycles. The fourth-order valence-corrected chi connectivity index (χ4v) is 3.75. The van der Waals surface area contributed by atoms with Gasteiger partial charge in [-0.3, -0.25) is 4.90 Å². The van der Waals surface area contributed by atoms with Gasteiger partial charge in [0.15, 0.2) is 0 Å². The van der Waals surface area contributed by atoms with Gasteiger partial charge in [0.2, 0.25) is 0 Å². The summed E-state index contributed by atoms with van der Waals surface area (Å²) < 4.78 is 5.52. The van der Waals surface area contributed by atoms with Crippen molar-refractivity contribution in [2.24, 2.45) is 5.73 Å². The largest absolute Gasteiger partial charge is 0.381 e. The molecule has 112 valence electrons. The number of methoxy groups -OCH3 is 1. The standard InChI is InChI=1S/C15H31N3O/c1-3-7-17-8-4-13(5-9-17)18-10-6-15(19-2)11-14(18)12-16/h13-15H,3-12,16H2,1-2H3. The summed E-state index contributed by atoms with van der Waals surface area (Å²) in [5, 5.41) is 0. The van der Waals surface area contributed by atoms with Crippen molar-refractivity contribution < 1.29 is 4.74 Å². The fourth-order valence-electron chi connectivity index (χ4n) is 3.75. The first-order chi connectivity index (χ1) is 9.28. The van der Waals surface area contributed by atoms with E-state index in [2.05, 4.69) is 16.7 Å². The van der Waals surface area contributed by atoms with Gasteiger partial charge in [0.1, 0.15) is 0 Å². The van der Waals surface area contributed by atoms with Crippen LogP contribution in [0.4, 0.5) is 0 Å². The van der Waals surface area contributed by atoms with Crippen molar-refractivity contribution in [2.45, 2.75) is 57.2 Å². The Bertz CT molecular complexity index is 254. The lowest BCUT2D eigenvalue weighted by Crippen LogP contribution is -2.55. The number of likely N-dealkylation sites (tertiary alicyclic amines) is 2. The van der Waals surface area contributed by atoms with Crippen molar-refractivity contribution >= 4 is 0 Å². The minimum Gasteiger partial charge on any atom is -0.381 e. The molecule has 2 saturated heterocycles. The molecule has 2 fully saturated rings. The molecule has 4 heteroatoms. The Morgan fingerprint density at radius 2 is 1.89 bits per heavy atom. The first-order valence-corrected chi connectivity index (χ1v) is 7.99. The molecule has 2 N–H and O–H groups in total. The lowest BCUT2D eigenvalue weighted by molar-refractivity contribution is -0.0168. The Labute approximate surface area is 118 Å². The monoisotopic (exact) mass is 269 g/mol. The van der Waals surface area contributed by atoms with Gasteiger partial charge in [-0.15, -0.1) is 0 Å². The molecule has 0 bridgehead atoms. The van der Waals surface area contributed by atoms with E-state index in [4.69, 9.17) is 10.5 Å². The third-order valence-electron chi connectivity index (χ3n) is 4.88. The first kappa shape index (κ1) is 15.2. The Morgan fingerprint density at radius 3 is 2.47 bits per heavy atom. The lowest BCUT2D eigenvalue weighted by Gasteiger charge is -2.46. The van der Waals surface area contributed by atoms with Crippen LogP contribution in [0.1, 0.15) is 39.0 Å². The summed E-state index contributed by atoms with van der Waals surface area (Å²) in [5.41, 5.74) is 5.98. The van der Waals surface area contributed by atoms with E-state index in [-0.39, 0.29) is 0 Å². The second-order valence-electron chi connectivity index (χ2n) is 6.08. The van der Waals surface area contributed by atoms with E-state index in [1.54, 1.807) is 0 Å². The van der Waals surface area contributed by atoms with Crippen LogP contribution >= 0.6 is 0 Å². The molecule has 2 aliphatic rings. The van der Waals surface area contributed by atoms with Crippen LogP contribution in [0.2, 0.25) is 0 Å². The fraction of sp³-hybridized carbons (Fsp3) is 1.00. The van der Waals surface area contributed by atoms with E-state index in [1.165, 1.54) is 51.9 Å². The van der Waals surface area contributed by atoms with Crippen LogP contribution < -0.4 is 5.73 Å². The van der Waals surface area contributed by atoms with Gasteiger partial charge in [0.05, 0.1) is 6.10 Å². The molecule has 0 aromatic carbocycles. The van der Waals surface area contributed by atoms with Crippen molar-refractivity contribution in [3.05, 3.63) is 0 Å². The number of hydrogen-bond donors (Lipinski definition) is 1. The summed E-state index contributed by atoms with van der Waals surface area (Å²) in [6.45, 7) is 8.00. The summed E-state index contributed by atoms with van der Waals surface area (Å²) >= 11 is 0. The third-order valence-corrected chi connectivity index (χ3v) is 4.88. The Hall–Kier alpha value is -0.160. The first-order valence-electron chi connectivity index (χ1n) is 7.99. The maximum absolute atomic E-state index is 5.98. The maximum Gasteiger partial charge on any atom is 0.0599 e. The van der Waals surface area contributed by atoms with E-state index < -0.39 is 0 Å². The van der Waals surface area contributed by atoms with Gasteiger partial charge in [-0.25, -0.2) is 0 Å². The molecule has 0 aliphatic carbocycles. The van der Waals surface area contributed by atoms with E-state index in [9.17, 15) is 0 Å². The van der Waals surface area contributed by atoms with Crippen LogP contribution in [0.15, 0.2) is 0 Å². The highest BCUT2D eigenvalue weighted by atomic mass is 16.5. The second-order valence-corrected chi connectivity index (χ2v) is 6.08. The Kier molecular flexibility index (Phi) is 6.07. The Morgan fingerprint density at radius 1 is 1.16 bits per heavy atom. The van der Waals surface area contributed by atoms with Crippen LogP contribution in [0.3, 0.4) is 0 Å². The normalized spacial score (nSPS) is 31.7. The van der Waals surface area contributed by atoms with Gasteiger partial charge in [-0.2, -0.15) is 0 Å². The minimum absolute atomic E-state index is 0.421. The smallest absolute Gasteiger partial charge is 0.0599 e. The zero-order valence-corrected chi connectivity index (χ0v) is 12.7. The number of ether oxygens (including phenoxy) is 1. The number of rotatable bonds is 5. The summed E-state index contributed by atoms with van der Waals surface area (Å²) in [6.07, 6.45) is 6.60. The molecule has 0 saturated carbocycles. The summed E-state index contributed by atoms with van der Waals surface area (Å²) in [7, 11) is 1.83. The molecule has 0 aromatic rings. The lowest BCUT2D eigenvalue weighted by atomic mass is 9.93. The van der Waals surface area contributed by atoms with Crippen molar-refractivity contribution in [1.29, 1.82) is 0 Å². The van der Waals surface area contributed by atoms with E-state index in [0.29, 0.717) is 12.1 Å². The highest BCUT2D eigenvalue weighted by Gasteiger charge is 2.33. The van der Waals surface area contributed by atoms with E-state index >= 15 is 0 Å². The van der Waals surface area contributed by atoms with E-state index in [1.807, 2.05) is 7.11 Å². The topological polar surface area (TPSA) is 41.7 Å². The van der Waals surface area contributed by atoms with Gasteiger partial charge >= 0.3 is 0 Å². The van der Waals surface area contributed by atoms with Gasteiger partial charge in [-0.05, 0) is 51.7 Å². The van der Waals surface area contributed by atoms with Crippen molar-refractivity contribution in [1.82, 2.24) is 9.80 Å². The number of nitrogens with zero attached hydrogens (tertiary/aromatic N) is 2. The summed E-state index contributed by atoms with van der Waals surface area (Å²) in [6, 6.07) is 1.28. The summed E-state index contributed by atoms with van der Waals surface area (Å²) in [5.74, 6) is 0. The highest BCUT2D eigenvalue weighted by molar-refractivity contribution is 4.89.